The molecular weight excluding hydrogens is 388 g/mol. The molecule has 0 fully saturated rings. The third kappa shape index (κ3) is 5.96. The van der Waals surface area contributed by atoms with Crippen LogP contribution >= 0.6 is 11.3 Å². The first-order chi connectivity index (χ1) is 14.1. The number of amides is 1. The molecule has 2 aromatic heterocycles. The highest BCUT2D eigenvalue weighted by Crippen LogP contribution is 2.24. The predicted molar refractivity (Wildman–Crippen MR) is 113 cm³/mol. The van der Waals surface area contributed by atoms with Gasteiger partial charge in [0.1, 0.15) is 6.54 Å². The van der Waals surface area contributed by atoms with Crippen LogP contribution in [0, 0.1) is 0 Å². The molecule has 0 aliphatic heterocycles. The Balaban J connectivity index is 1.65. The Labute approximate surface area is 174 Å². The molecule has 1 aromatic carbocycles. The van der Waals surface area contributed by atoms with E-state index < -0.39 is 0 Å². The number of ether oxygens (including phenoxy) is 1. The van der Waals surface area contributed by atoms with E-state index in [2.05, 4.69) is 29.4 Å². The van der Waals surface area contributed by atoms with Crippen LogP contribution in [0.1, 0.15) is 31.2 Å². The summed E-state index contributed by atoms with van der Waals surface area (Å²) in [5.41, 5.74) is 1.98. The van der Waals surface area contributed by atoms with E-state index in [0.29, 0.717) is 37.4 Å². The van der Waals surface area contributed by atoms with Crippen molar-refractivity contribution in [2.75, 3.05) is 32.1 Å². The number of carbonyl (C=O) groups is 1. The van der Waals surface area contributed by atoms with Crippen LogP contribution in [0.15, 0.2) is 46.2 Å². The van der Waals surface area contributed by atoms with E-state index in [1.165, 1.54) is 0 Å². The number of nitrogens with zero attached hydrogens (tertiary/aromatic N) is 2. The maximum atomic E-state index is 12.7. The Bertz CT molecular complexity index is 908. The molecular formula is C21H27N4O3S+. The van der Waals surface area contributed by atoms with Crippen molar-refractivity contribution in [3.63, 3.8) is 0 Å². The number of quaternary nitrogens is 1. The summed E-state index contributed by atoms with van der Waals surface area (Å²) in [5.74, 6) is 1.30. The number of aromatic nitrogens is 2. The van der Waals surface area contributed by atoms with Gasteiger partial charge in [-0.3, -0.25) is 4.79 Å². The first kappa shape index (κ1) is 21.2. The standard InChI is InChI=1S/C21H26N4O3S/c1-15(2)16-7-4-5-8-17(16)22-19(26)13-25(10-11-27-3)14-20-23-24-21(28-20)18-9-6-12-29-18/h4-9,12,15H,10-11,13-14H2,1-3H3,(H,22,26)/p+1. The van der Waals surface area contributed by atoms with E-state index in [4.69, 9.17) is 9.15 Å². The number of hydrogen-bond donors (Lipinski definition) is 2. The molecule has 0 saturated carbocycles. The van der Waals surface area contributed by atoms with Crippen LogP contribution in [0.4, 0.5) is 5.69 Å². The van der Waals surface area contributed by atoms with Gasteiger partial charge in [0.2, 0.25) is 0 Å². The minimum absolute atomic E-state index is 0.0535. The second kappa shape index (κ2) is 10.3. The number of thiophene rings is 1. The number of anilines is 1. The van der Waals surface area contributed by atoms with Gasteiger partial charge in [0.05, 0.1) is 11.5 Å². The van der Waals surface area contributed by atoms with Gasteiger partial charge in [-0.25, -0.2) is 0 Å². The van der Waals surface area contributed by atoms with E-state index >= 15 is 0 Å². The molecule has 1 amide bonds. The van der Waals surface area contributed by atoms with Crippen LogP contribution in [0.2, 0.25) is 0 Å². The van der Waals surface area contributed by atoms with Crippen molar-refractivity contribution in [3.05, 3.63) is 53.2 Å². The van der Waals surface area contributed by atoms with Crippen LogP contribution in [0.3, 0.4) is 0 Å². The number of hydrogen-bond acceptors (Lipinski definition) is 6. The average Bonchev–Trinajstić information content (AvgIpc) is 3.38. The van der Waals surface area contributed by atoms with Gasteiger partial charge in [0.15, 0.2) is 13.1 Å². The van der Waals surface area contributed by atoms with Gasteiger partial charge >= 0.3 is 0 Å². The Hall–Kier alpha value is -2.55. The molecule has 2 heterocycles. The van der Waals surface area contributed by atoms with Gasteiger partial charge in [-0.1, -0.05) is 38.1 Å². The summed E-state index contributed by atoms with van der Waals surface area (Å²) in [7, 11) is 1.65. The zero-order valence-corrected chi connectivity index (χ0v) is 17.8. The van der Waals surface area contributed by atoms with Gasteiger partial charge in [0.25, 0.3) is 17.7 Å². The zero-order chi connectivity index (χ0) is 20.6. The van der Waals surface area contributed by atoms with Crippen LogP contribution in [0.25, 0.3) is 10.8 Å². The topological polar surface area (TPSA) is 81.7 Å². The number of benzene rings is 1. The van der Waals surface area contributed by atoms with E-state index in [9.17, 15) is 4.79 Å². The molecule has 0 spiro atoms. The summed E-state index contributed by atoms with van der Waals surface area (Å²) in [5, 5.41) is 13.3. The van der Waals surface area contributed by atoms with Crippen molar-refractivity contribution >= 4 is 22.9 Å². The lowest BCUT2D eigenvalue weighted by Crippen LogP contribution is -3.12. The van der Waals surface area contributed by atoms with Crippen LogP contribution in [-0.2, 0) is 16.1 Å². The first-order valence-corrected chi connectivity index (χ1v) is 10.5. The monoisotopic (exact) mass is 415 g/mol. The summed E-state index contributed by atoms with van der Waals surface area (Å²) in [6.07, 6.45) is 0. The number of methoxy groups -OCH3 is 1. The molecule has 0 saturated heterocycles. The summed E-state index contributed by atoms with van der Waals surface area (Å²) in [4.78, 5) is 14.6. The number of nitrogens with one attached hydrogen (secondary N) is 2. The highest BCUT2D eigenvalue weighted by Gasteiger charge is 2.20. The third-order valence-electron chi connectivity index (χ3n) is 4.53. The van der Waals surface area contributed by atoms with Crippen molar-refractivity contribution in [3.8, 4) is 10.8 Å². The van der Waals surface area contributed by atoms with E-state index in [1.54, 1.807) is 18.4 Å². The summed E-state index contributed by atoms with van der Waals surface area (Å²) < 4.78 is 11.0. The molecule has 154 valence electrons. The van der Waals surface area contributed by atoms with Gasteiger partial charge in [-0.05, 0) is 29.0 Å². The van der Waals surface area contributed by atoms with Gasteiger partial charge in [-0.2, -0.15) is 0 Å². The van der Waals surface area contributed by atoms with Gasteiger partial charge in [-0.15, -0.1) is 21.5 Å². The molecule has 3 rings (SSSR count). The highest BCUT2D eigenvalue weighted by molar-refractivity contribution is 7.13. The maximum Gasteiger partial charge on any atom is 0.279 e. The van der Waals surface area contributed by atoms with Crippen molar-refractivity contribution in [1.82, 2.24) is 10.2 Å². The zero-order valence-electron chi connectivity index (χ0n) is 17.0. The molecule has 3 aromatic rings. The number of carbonyl (C=O) groups excluding carboxylic acids is 1. The molecule has 1 atom stereocenters. The lowest BCUT2D eigenvalue weighted by atomic mass is 10.0. The third-order valence-corrected chi connectivity index (χ3v) is 5.39. The molecule has 1 unspecified atom stereocenters. The first-order valence-electron chi connectivity index (χ1n) is 9.64. The Morgan fingerprint density at radius 1 is 1.24 bits per heavy atom. The summed E-state index contributed by atoms with van der Waals surface area (Å²) in [6, 6.07) is 11.8. The maximum absolute atomic E-state index is 12.7. The normalized spacial score (nSPS) is 12.3. The quantitative estimate of drug-likeness (QED) is 0.532. The van der Waals surface area contributed by atoms with Crippen LogP contribution in [0.5, 0.6) is 0 Å². The predicted octanol–water partition coefficient (Wildman–Crippen LogP) is 2.59. The summed E-state index contributed by atoms with van der Waals surface area (Å²) >= 11 is 1.55. The van der Waals surface area contributed by atoms with Gasteiger partial charge in [0, 0.05) is 12.8 Å². The van der Waals surface area contributed by atoms with Crippen molar-refractivity contribution in [1.29, 1.82) is 0 Å². The molecule has 0 aliphatic carbocycles. The average molecular weight is 416 g/mol. The van der Waals surface area contributed by atoms with Crippen LogP contribution < -0.4 is 10.2 Å². The lowest BCUT2D eigenvalue weighted by molar-refractivity contribution is -0.907. The Morgan fingerprint density at radius 3 is 2.79 bits per heavy atom. The second-order valence-electron chi connectivity index (χ2n) is 7.11. The van der Waals surface area contributed by atoms with E-state index in [0.717, 1.165) is 21.0 Å². The molecule has 0 radical (unpaired) electrons. The van der Waals surface area contributed by atoms with Crippen molar-refractivity contribution < 1.29 is 18.8 Å². The van der Waals surface area contributed by atoms with Crippen LogP contribution in [-0.4, -0.2) is 42.9 Å². The number of rotatable bonds is 10. The lowest BCUT2D eigenvalue weighted by Gasteiger charge is -2.18. The molecule has 8 heteroatoms. The minimum atomic E-state index is -0.0535. The molecule has 2 N–H and O–H groups in total. The largest absolute Gasteiger partial charge is 0.414 e. The Morgan fingerprint density at radius 2 is 2.07 bits per heavy atom. The molecule has 0 aliphatic rings. The fraction of sp³-hybridized carbons (Fsp3) is 0.381. The fourth-order valence-electron chi connectivity index (χ4n) is 3.06. The van der Waals surface area contributed by atoms with Crippen molar-refractivity contribution in [2.45, 2.75) is 26.3 Å². The second-order valence-corrected chi connectivity index (χ2v) is 8.06. The Kier molecular flexibility index (Phi) is 7.51. The fourth-order valence-corrected chi connectivity index (χ4v) is 3.70. The molecule has 29 heavy (non-hydrogen) atoms. The molecule has 7 nitrogen and oxygen atoms in total. The highest BCUT2D eigenvalue weighted by atomic mass is 32.1. The molecule has 0 bridgehead atoms. The minimum Gasteiger partial charge on any atom is -0.414 e. The summed E-state index contributed by atoms with van der Waals surface area (Å²) in [6.45, 7) is 6.17. The SMILES string of the molecule is COCC[NH+](CC(=O)Nc1ccccc1C(C)C)Cc1nnc(-c2cccs2)o1. The van der Waals surface area contributed by atoms with Gasteiger partial charge < -0.3 is 19.4 Å². The smallest absolute Gasteiger partial charge is 0.279 e. The van der Waals surface area contributed by atoms with E-state index in [1.807, 2.05) is 41.8 Å². The van der Waals surface area contributed by atoms with E-state index in [-0.39, 0.29) is 12.5 Å². The number of para-hydroxylation sites is 1. The van der Waals surface area contributed by atoms with Crippen molar-refractivity contribution in [2.24, 2.45) is 0 Å².